The van der Waals surface area contributed by atoms with E-state index in [1.807, 2.05) is 0 Å². The topological polar surface area (TPSA) is 29.1 Å². The second-order valence-corrected chi connectivity index (χ2v) is 3.75. The van der Waals surface area contributed by atoms with Gasteiger partial charge in [-0.05, 0) is 12.8 Å². The van der Waals surface area contributed by atoms with Crippen molar-refractivity contribution in [1.82, 2.24) is 5.32 Å². The van der Waals surface area contributed by atoms with Crippen LogP contribution in [0.2, 0.25) is 0 Å². The van der Waals surface area contributed by atoms with E-state index in [1.165, 1.54) is 0 Å². The predicted octanol–water partition coefficient (Wildman–Crippen LogP) is 2.34. The molecule has 1 N–H and O–H groups in total. The number of hydrogen-bond donors (Lipinski definition) is 1. The van der Waals surface area contributed by atoms with Gasteiger partial charge in [0, 0.05) is 6.04 Å². The first-order valence-corrected chi connectivity index (χ1v) is 4.92. The van der Waals surface area contributed by atoms with Gasteiger partial charge in [0.25, 0.3) is 12.1 Å². The van der Waals surface area contributed by atoms with Crippen molar-refractivity contribution < 1.29 is 22.4 Å². The molecule has 0 saturated heterocycles. The van der Waals surface area contributed by atoms with Crippen LogP contribution in [0.1, 0.15) is 32.1 Å². The standard InChI is InChI=1S/C9H13F4NO/c10-7(9(11,12)13)8(15)14-6-4-2-1-3-5-6/h6-7H,1-5H2,(H,14,15). The van der Waals surface area contributed by atoms with Gasteiger partial charge in [-0.1, -0.05) is 19.3 Å². The van der Waals surface area contributed by atoms with Gasteiger partial charge in [-0.25, -0.2) is 4.39 Å². The maximum absolute atomic E-state index is 12.5. The Morgan fingerprint density at radius 2 is 1.73 bits per heavy atom. The highest BCUT2D eigenvalue weighted by atomic mass is 19.4. The molecule has 0 heterocycles. The van der Waals surface area contributed by atoms with Crippen LogP contribution in [0.4, 0.5) is 17.6 Å². The van der Waals surface area contributed by atoms with Gasteiger partial charge < -0.3 is 5.32 Å². The Morgan fingerprint density at radius 3 is 2.20 bits per heavy atom. The third-order valence-corrected chi connectivity index (χ3v) is 2.47. The lowest BCUT2D eigenvalue weighted by molar-refractivity contribution is -0.187. The largest absolute Gasteiger partial charge is 0.428 e. The molecule has 1 aliphatic rings. The summed E-state index contributed by atoms with van der Waals surface area (Å²) in [7, 11) is 0. The predicted molar refractivity (Wildman–Crippen MR) is 46.0 cm³/mol. The lowest BCUT2D eigenvalue weighted by atomic mass is 9.95. The molecule has 1 aliphatic carbocycles. The van der Waals surface area contributed by atoms with Crippen LogP contribution in [-0.4, -0.2) is 24.3 Å². The van der Waals surface area contributed by atoms with Crippen LogP contribution >= 0.6 is 0 Å². The van der Waals surface area contributed by atoms with E-state index >= 15 is 0 Å². The minimum Gasteiger partial charge on any atom is -0.351 e. The van der Waals surface area contributed by atoms with E-state index in [0.717, 1.165) is 19.3 Å². The molecule has 0 bridgehead atoms. The summed E-state index contributed by atoms with van der Waals surface area (Å²) in [6.45, 7) is 0. The van der Waals surface area contributed by atoms with Crippen LogP contribution in [0.3, 0.4) is 0 Å². The number of nitrogens with one attached hydrogen (secondary N) is 1. The average Bonchev–Trinajstić information content (AvgIpc) is 2.16. The highest BCUT2D eigenvalue weighted by molar-refractivity contribution is 5.81. The lowest BCUT2D eigenvalue weighted by Crippen LogP contribution is -2.46. The maximum atomic E-state index is 12.5. The van der Waals surface area contributed by atoms with Crippen LogP contribution in [-0.2, 0) is 4.79 Å². The summed E-state index contributed by atoms with van der Waals surface area (Å²) >= 11 is 0. The zero-order chi connectivity index (χ0) is 11.5. The van der Waals surface area contributed by atoms with Crippen LogP contribution in [0.15, 0.2) is 0 Å². The zero-order valence-electron chi connectivity index (χ0n) is 8.11. The molecule has 15 heavy (non-hydrogen) atoms. The summed E-state index contributed by atoms with van der Waals surface area (Å²) < 4.78 is 48.0. The molecule has 0 aliphatic heterocycles. The molecule has 0 spiro atoms. The number of carbonyl (C=O) groups is 1. The number of alkyl halides is 4. The quantitative estimate of drug-likeness (QED) is 0.721. The van der Waals surface area contributed by atoms with E-state index in [1.54, 1.807) is 0 Å². The summed E-state index contributed by atoms with van der Waals surface area (Å²) in [6.07, 6.45) is -4.47. The van der Waals surface area contributed by atoms with E-state index in [4.69, 9.17) is 0 Å². The van der Waals surface area contributed by atoms with Gasteiger partial charge in [-0.2, -0.15) is 13.2 Å². The van der Waals surface area contributed by atoms with Crippen LogP contribution in [0.25, 0.3) is 0 Å². The van der Waals surface area contributed by atoms with Crippen molar-refractivity contribution in [2.24, 2.45) is 0 Å². The fourth-order valence-corrected chi connectivity index (χ4v) is 1.67. The Hall–Kier alpha value is -0.810. The Morgan fingerprint density at radius 1 is 1.20 bits per heavy atom. The molecule has 1 atom stereocenters. The molecule has 1 rings (SSSR count). The highest BCUT2D eigenvalue weighted by Crippen LogP contribution is 2.24. The summed E-state index contributed by atoms with van der Waals surface area (Å²) in [6, 6.07) is -0.299. The van der Waals surface area contributed by atoms with Crippen molar-refractivity contribution in [3.05, 3.63) is 0 Å². The minimum absolute atomic E-state index is 0.299. The van der Waals surface area contributed by atoms with Gasteiger partial charge in [-0.3, -0.25) is 4.79 Å². The number of carbonyl (C=O) groups excluding carboxylic acids is 1. The SMILES string of the molecule is O=C(NC1CCCCC1)C(F)C(F)(F)F. The van der Waals surface area contributed by atoms with Crippen LogP contribution < -0.4 is 5.32 Å². The van der Waals surface area contributed by atoms with E-state index < -0.39 is 18.3 Å². The number of rotatable bonds is 2. The molecule has 88 valence electrons. The molecule has 0 aromatic carbocycles. The number of halogens is 4. The fourth-order valence-electron chi connectivity index (χ4n) is 1.67. The Balaban J connectivity index is 2.40. The normalized spacial score (nSPS) is 21.1. The lowest BCUT2D eigenvalue weighted by Gasteiger charge is -2.23. The van der Waals surface area contributed by atoms with Gasteiger partial charge in [0.05, 0.1) is 0 Å². The van der Waals surface area contributed by atoms with Gasteiger partial charge in [-0.15, -0.1) is 0 Å². The van der Waals surface area contributed by atoms with E-state index in [0.29, 0.717) is 12.8 Å². The third kappa shape index (κ3) is 3.68. The summed E-state index contributed by atoms with van der Waals surface area (Å²) in [5.74, 6) is -1.56. The molecule has 1 amide bonds. The minimum atomic E-state index is -5.10. The van der Waals surface area contributed by atoms with Crippen molar-refractivity contribution in [1.29, 1.82) is 0 Å². The average molecular weight is 227 g/mol. The Kier molecular flexibility index (Phi) is 3.93. The second kappa shape index (κ2) is 4.81. The molecule has 0 aromatic rings. The van der Waals surface area contributed by atoms with Gasteiger partial charge in [0.15, 0.2) is 0 Å². The summed E-state index contributed by atoms with van der Waals surface area (Å²) in [5, 5.41) is 2.09. The monoisotopic (exact) mass is 227 g/mol. The maximum Gasteiger partial charge on any atom is 0.428 e. The van der Waals surface area contributed by atoms with Crippen molar-refractivity contribution in [2.75, 3.05) is 0 Å². The van der Waals surface area contributed by atoms with E-state index in [-0.39, 0.29) is 6.04 Å². The zero-order valence-corrected chi connectivity index (χ0v) is 8.11. The molecule has 0 aromatic heterocycles. The first-order valence-electron chi connectivity index (χ1n) is 4.92. The Labute approximate surface area is 85.0 Å². The molecule has 1 saturated carbocycles. The highest BCUT2D eigenvalue weighted by Gasteiger charge is 2.45. The van der Waals surface area contributed by atoms with E-state index in [2.05, 4.69) is 5.32 Å². The van der Waals surface area contributed by atoms with Crippen LogP contribution in [0.5, 0.6) is 0 Å². The first kappa shape index (κ1) is 12.3. The smallest absolute Gasteiger partial charge is 0.351 e. The van der Waals surface area contributed by atoms with Crippen molar-refractivity contribution >= 4 is 5.91 Å². The molecular formula is C9H13F4NO. The van der Waals surface area contributed by atoms with Gasteiger partial charge in [0.2, 0.25) is 0 Å². The van der Waals surface area contributed by atoms with E-state index in [9.17, 15) is 22.4 Å². The molecule has 1 fully saturated rings. The summed E-state index contributed by atoms with van der Waals surface area (Å²) in [5.41, 5.74) is 0. The Bertz CT molecular complexity index is 223. The molecule has 2 nitrogen and oxygen atoms in total. The van der Waals surface area contributed by atoms with Crippen molar-refractivity contribution in [3.63, 3.8) is 0 Å². The molecule has 6 heteroatoms. The summed E-state index contributed by atoms with van der Waals surface area (Å²) in [4.78, 5) is 10.9. The first-order chi connectivity index (χ1) is 6.91. The van der Waals surface area contributed by atoms with Gasteiger partial charge in [0.1, 0.15) is 0 Å². The number of hydrogen-bond acceptors (Lipinski definition) is 1. The van der Waals surface area contributed by atoms with Crippen LogP contribution in [0, 0.1) is 0 Å². The van der Waals surface area contributed by atoms with Gasteiger partial charge >= 0.3 is 6.18 Å². The molecular weight excluding hydrogens is 214 g/mol. The van der Waals surface area contributed by atoms with Crippen molar-refractivity contribution in [2.45, 2.75) is 50.5 Å². The second-order valence-electron chi connectivity index (χ2n) is 3.75. The number of amides is 1. The fraction of sp³-hybridized carbons (Fsp3) is 0.889. The van der Waals surface area contributed by atoms with Crippen molar-refractivity contribution in [3.8, 4) is 0 Å². The molecule has 0 radical (unpaired) electrons. The third-order valence-electron chi connectivity index (χ3n) is 2.47. The molecule has 1 unspecified atom stereocenters.